The van der Waals surface area contributed by atoms with Crippen LogP contribution in [0.5, 0.6) is 5.75 Å². The number of alkyl halides is 6. The maximum atomic E-state index is 13.3. The Morgan fingerprint density at radius 1 is 1.00 bits per heavy atom. The molecule has 4 nitrogen and oxygen atoms in total. The normalized spacial score (nSPS) is 16.1. The van der Waals surface area contributed by atoms with Gasteiger partial charge >= 0.3 is 18.3 Å². The summed E-state index contributed by atoms with van der Waals surface area (Å²) in [5.41, 5.74) is -1.75. The smallest absolute Gasteiger partial charge is 0.416 e. The number of hydrogen-bond acceptors (Lipinski definition) is 3. The number of rotatable bonds is 7. The van der Waals surface area contributed by atoms with Crippen molar-refractivity contribution in [3.63, 3.8) is 0 Å². The molecule has 0 unspecified atom stereocenters. The standard InChI is InChI=1S/C23H23F6NO3/c24-22(25,26)17-5-6-20(23(27,28)29)16(13-17)14-30-10-8-18(9-11-30)33-19-3-1-2-15(12-19)4-7-21(31)32/h1-3,5-6,12-13,18H,4,7-11,14H2,(H,31,32). The Morgan fingerprint density at radius 2 is 1.70 bits per heavy atom. The van der Waals surface area contributed by atoms with E-state index < -0.39 is 35.0 Å². The maximum absolute atomic E-state index is 13.3. The first-order chi connectivity index (χ1) is 15.4. The van der Waals surface area contributed by atoms with Gasteiger partial charge in [0.15, 0.2) is 0 Å². The van der Waals surface area contributed by atoms with Crippen molar-refractivity contribution >= 4 is 5.97 Å². The Morgan fingerprint density at radius 3 is 2.30 bits per heavy atom. The van der Waals surface area contributed by atoms with E-state index in [-0.39, 0.29) is 19.1 Å². The fourth-order valence-electron chi connectivity index (χ4n) is 3.82. The number of hydrogen-bond donors (Lipinski definition) is 1. The van der Waals surface area contributed by atoms with Gasteiger partial charge < -0.3 is 9.84 Å². The van der Waals surface area contributed by atoms with Crippen LogP contribution < -0.4 is 4.74 Å². The van der Waals surface area contributed by atoms with E-state index in [9.17, 15) is 31.1 Å². The third-order valence-corrected chi connectivity index (χ3v) is 5.50. The summed E-state index contributed by atoms with van der Waals surface area (Å²) in [5.74, 6) is -0.322. The Kier molecular flexibility index (Phi) is 7.56. The second-order valence-electron chi connectivity index (χ2n) is 8.00. The van der Waals surface area contributed by atoms with Crippen molar-refractivity contribution in [1.82, 2.24) is 4.90 Å². The molecule has 1 saturated heterocycles. The van der Waals surface area contributed by atoms with Crippen molar-refractivity contribution in [2.24, 2.45) is 0 Å². The molecule has 33 heavy (non-hydrogen) atoms. The summed E-state index contributed by atoms with van der Waals surface area (Å²) in [6.07, 6.45) is -8.30. The predicted molar refractivity (Wildman–Crippen MR) is 108 cm³/mol. The van der Waals surface area contributed by atoms with E-state index in [1.165, 1.54) is 0 Å². The molecule has 1 heterocycles. The Balaban J connectivity index is 1.62. The van der Waals surface area contributed by atoms with Gasteiger partial charge in [0.2, 0.25) is 0 Å². The number of ether oxygens (including phenoxy) is 1. The number of likely N-dealkylation sites (tertiary alicyclic amines) is 1. The molecule has 1 aliphatic rings. The molecule has 10 heteroatoms. The molecule has 180 valence electrons. The number of carbonyl (C=O) groups is 1. The fourth-order valence-corrected chi connectivity index (χ4v) is 3.82. The molecule has 1 N–H and O–H groups in total. The molecule has 0 amide bonds. The van der Waals surface area contributed by atoms with Crippen LogP contribution in [-0.2, 0) is 30.1 Å². The van der Waals surface area contributed by atoms with Crippen LogP contribution in [0.15, 0.2) is 42.5 Å². The van der Waals surface area contributed by atoms with Gasteiger partial charge in [-0.25, -0.2) is 0 Å². The van der Waals surface area contributed by atoms with Gasteiger partial charge in [-0.15, -0.1) is 0 Å². The highest BCUT2D eigenvalue weighted by atomic mass is 19.4. The first-order valence-electron chi connectivity index (χ1n) is 10.4. The van der Waals surface area contributed by atoms with Crippen LogP contribution in [0.25, 0.3) is 0 Å². The average Bonchev–Trinajstić information content (AvgIpc) is 2.72. The number of aryl methyl sites for hydroxylation is 1. The Labute approximate surface area is 186 Å². The van der Waals surface area contributed by atoms with Gasteiger partial charge in [-0.2, -0.15) is 26.3 Å². The summed E-state index contributed by atoms with van der Waals surface area (Å²) in [7, 11) is 0. The number of piperidine rings is 1. The van der Waals surface area contributed by atoms with Crippen LogP contribution >= 0.6 is 0 Å². The van der Waals surface area contributed by atoms with Gasteiger partial charge in [0.1, 0.15) is 11.9 Å². The van der Waals surface area contributed by atoms with Crippen molar-refractivity contribution in [3.05, 3.63) is 64.7 Å². The number of halogens is 6. The second kappa shape index (κ2) is 10.0. The van der Waals surface area contributed by atoms with Crippen LogP contribution in [0, 0.1) is 0 Å². The number of carboxylic acid groups (broad SMARTS) is 1. The first kappa shape index (κ1) is 24.9. The zero-order valence-corrected chi connectivity index (χ0v) is 17.5. The number of benzene rings is 2. The first-order valence-corrected chi connectivity index (χ1v) is 10.4. The minimum absolute atomic E-state index is 0.00268. The highest BCUT2D eigenvalue weighted by Crippen LogP contribution is 2.37. The molecule has 3 rings (SSSR count). The number of nitrogens with zero attached hydrogens (tertiary/aromatic N) is 1. The maximum Gasteiger partial charge on any atom is 0.416 e. The number of carboxylic acids is 1. The molecule has 0 bridgehead atoms. The molecule has 0 atom stereocenters. The van der Waals surface area contributed by atoms with Crippen LogP contribution in [0.3, 0.4) is 0 Å². The summed E-state index contributed by atoms with van der Waals surface area (Å²) >= 11 is 0. The minimum Gasteiger partial charge on any atom is -0.490 e. The highest BCUT2D eigenvalue weighted by molar-refractivity contribution is 5.67. The van der Waals surface area contributed by atoms with E-state index in [1.807, 2.05) is 0 Å². The molecule has 1 fully saturated rings. The Hall–Kier alpha value is -2.75. The Bertz CT molecular complexity index is 965. The van der Waals surface area contributed by atoms with E-state index >= 15 is 0 Å². The van der Waals surface area contributed by atoms with E-state index in [2.05, 4.69) is 0 Å². The van der Waals surface area contributed by atoms with Gasteiger partial charge in [0.05, 0.1) is 11.1 Å². The topological polar surface area (TPSA) is 49.8 Å². The summed E-state index contributed by atoms with van der Waals surface area (Å²) in [6, 6.07) is 8.58. The van der Waals surface area contributed by atoms with Gasteiger partial charge in [-0.05, 0) is 60.7 Å². The van der Waals surface area contributed by atoms with Crippen molar-refractivity contribution in [2.45, 2.75) is 50.7 Å². The molecular formula is C23H23F6NO3. The molecule has 0 radical (unpaired) electrons. The molecule has 0 saturated carbocycles. The number of aliphatic carboxylic acids is 1. The second-order valence-corrected chi connectivity index (χ2v) is 8.00. The van der Waals surface area contributed by atoms with Gasteiger partial charge in [0, 0.05) is 26.1 Å². The molecule has 0 spiro atoms. The molecule has 0 aliphatic carbocycles. The van der Waals surface area contributed by atoms with Crippen molar-refractivity contribution in [3.8, 4) is 5.75 Å². The van der Waals surface area contributed by atoms with Crippen molar-refractivity contribution in [2.75, 3.05) is 13.1 Å². The molecular weight excluding hydrogens is 452 g/mol. The summed E-state index contributed by atoms with van der Waals surface area (Å²) in [6.45, 7) is 0.504. The predicted octanol–water partition coefficient (Wildman–Crippen LogP) is 5.78. The fraction of sp³-hybridized carbons (Fsp3) is 0.435. The summed E-state index contributed by atoms with van der Waals surface area (Å²) in [5, 5.41) is 8.80. The van der Waals surface area contributed by atoms with Crippen LogP contribution in [0.4, 0.5) is 26.3 Å². The third kappa shape index (κ3) is 7.12. The van der Waals surface area contributed by atoms with E-state index in [1.54, 1.807) is 29.2 Å². The molecule has 0 aromatic heterocycles. The van der Waals surface area contributed by atoms with Crippen LogP contribution in [-0.4, -0.2) is 35.2 Å². The lowest BCUT2D eigenvalue weighted by Crippen LogP contribution is -2.38. The van der Waals surface area contributed by atoms with Gasteiger partial charge in [-0.3, -0.25) is 9.69 Å². The van der Waals surface area contributed by atoms with Crippen molar-refractivity contribution < 1.29 is 41.0 Å². The third-order valence-electron chi connectivity index (χ3n) is 5.50. The molecule has 2 aromatic rings. The molecule has 2 aromatic carbocycles. The zero-order valence-electron chi connectivity index (χ0n) is 17.5. The zero-order chi connectivity index (χ0) is 24.2. The van der Waals surface area contributed by atoms with Crippen molar-refractivity contribution in [1.29, 1.82) is 0 Å². The average molecular weight is 475 g/mol. The highest BCUT2D eigenvalue weighted by Gasteiger charge is 2.37. The lowest BCUT2D eigenvalue weighted by Gasteiger charge is -2.33. The van der Waals surface area contributed by atoms with E-state index in [0.29, 0.717) is 56.3 Å². The van der Waals surface area contributed by atoms with Crippen LogP contribution in [0.2, 0.25) is 0 Å². The largest absolute Gasteiger partial charge is 0.490 e. The van der Waals surface area contributed by atoms with E-state index in [4.69, 9.17) is 9.84 Å². The summed E-state index contributed by atoms with van der Waals surface area (Å²) < 4.78 is 84.9. The SMILES string of the molecule is O=C(O)CCc1cccc(OC2CCN(Cc3cc(C(F)(F)F)ccc3C(F)(F)F)CC2)c1. The quantitative estimate of drug-likeness (QED) is 0.516. The van der Waals surface area contributed by atoms with Gasteiger partial charge in [0.25, 0.3) is 0 Å². The monoisotopic (exact) mass is 475 g/mol. The van der Waals surface area contributed by atoms with Gasteiger partial charge in [-0.1, -0.05) is 12.1 Å². The minimum atomic E-state index is -4.74. The lowest BCUT2D eigenvalue weighted by molar-refractivity contribution is -0.142. The van der Waals surface area contributed by atoms with E-state index in [0.717, 1.165) is 5.56 Å². The molecule has 1 aliphatic heterocycles. The van der Waals surface area contributed by atoms with Crippen LogP contribution in [0.1, 0.15) is 41.5 Å². The summed E-state index contributed by atoms with van der Waals surface area (Å²) in [4.78, 5) is 12.4. The lowest BCUT2D eigenvalue weighted by atomic mass is 10.0.